The molecule has 1 aromatic heterocycles. The molecule has 29 heavy (non-hydrogen) atoms. The van der Waals surface area contributed by atoms with Crippen LogP contribution in [0.15, 0.2) is 18.3 Å². The van der Waals surface area contributed by atoms with Crippen LogP contribution in [0.5, 0.6) is 0 Å². The number of hydrogen-bond donors (Lipinski definition) is 4. The van der Waals surface area contributed by atoms with Gasteiger partial charge in [0.15, 0.2) is 0 Å². The van der Waals surface area contributed by atoms with E-state index in [4.69, 9.17) is 0 Å². The number of amides is 3. The number of carbonyl (C=O) groups excluding carboxylic acids is 3. The molecule has 2 fully saturated rings. The van der Waals surface area contributed by atoms with E-state index in [0.29, 0.717) is 19.4 Å². The number of carbonyl (C=O) groups is 3. The lowest BCUT2D eigenvalue weighted by Crippen LogP contribution is -2.47. The molecule has 0 bridgehead atoms. The largest absolute Gasteiger partial charge is 0.370 e. The smallest absolute Gasteiger partial charge is 0.242 e. The van der Waals surface area contributed by atoms with E-state index in [1.54, 1.807) is 0 Å². The number of anilines is 1. The number of rotatable bonds is 8. The summed E-state index contributed by atoms with van der Waals surface area (Å²) in [4.78, 5) is 40.1. The molecule has 4 N–H and O–H groups in total. The summed E-state index contributed by atoms with van der Waals surface area (Å²) in [7, 11) is 0. The van der Waals surface area contributed by atoms with Crippen LogP contribution in [0.1, 0.15) is 50.5 Å². The lowest BCUT2D eigenvalue weighted by atomic mass is 9.85. The predicted molar refractivity (Wildman–Crippen MR) is 110 cm³/mol. The summed E-state index contributed by atoms with van der Waals surface area (Å²) in [6.07, 6.45) is 6.79. The van der Waals surface area contributed by atoms with Gasteiger partial charge < -0.3 is 21.3 Å². The Balaban J connectivity index is 1.27. The lowest BCUT2D eigenvalue weighted by Gasteiger charge is -2.29. The van der Waals surface area contributed by atoms with Crippen molar-refractivity contribution in [2.24, 2.45) is 5.92 Å². The lowest BCUT2D eigenvalue weighted by molar-refractivity contribution is -0.127. The minimum Gasteiger partial charge on any atom is -0.370 e. The number of hydrogen-bond acceptors (Lipinski definition) is 5. The van der Waals surface area contributed by atoms with Gasteiger partial charge in [0.25, 0.3) is 0 Å². The molecular formula is C21H31N5O3. The van der Waals surface area contributed by atoms with Gasteiger partial charge in [-0.1, -0.05) is 6.07 Å². The molecule has 158 valence electrons. The zero-order valence-corrected chi connectivity index (χ0v) is 17.0. The summed E-state index contributed by atoms with van der Waals surface area (Å²) in [5.41, 5.74) is 1.13. The molecule has 3 amide bonds. The van der Waals surface area contributed by atoms with Crippen molar-refractivity contribution >= 4 is 23.5 Å². The summed E-state index contributed by atoms with van der Waals surface area (Å²) >= 11 is 0. The van der Waals surface area contributed by atoms with Crippen molar-refractivity contribution in [3.05, 3.63) is 23.9 Å². The first kappa shape index (κ1) is 21.1. The predicted octanol–water partition coefficient (Wildman–Crippen LogP) is 1.26. The maximum atomic E-state index is 12.4. The van der Waals surface area contributed by atoms with Crippen molar-refractivity contribution in [3.8, 4) is 0 Å². The average Bonchev–Trinajstić information content (AvgIpc) is 3.16. The first-order valence-corrected chi connectivity index (χ1v) is 10.6. The Morgan fingerprint density at radius 1 is 1.10 bits per heavy atom. The van der Waals surface area contributed by atoms with E-state index in [1.807, 2.05) is 25.3 Å². The fourth-order valence-electron chi connectivity index (χ4n) is 3.85. The van der Waals surface area contributed by atoms with Gasteiger partial charge in [-0.05, 0) is 57.1 Å². The van der Waals surface area contributed by atoms with Crippen LogP contribution < -0.4 is 21.3 Å². The first-order chi connectivity index (χ1) is 14.0. The van der Waals surface area contributed by atoms with Gasteiger partial charge in [0.1, 0.15) is 11.9 Å². The van der Waals surface area contributed by atoms with Gasteiger partial charge in [-0.15, -0.1) is 0 Å². The quantitative estimate of drug-likeness (QED) is 0.490. The Labute approximate surface area is 171 Å². The van der Waals surface area contributed by atoms with Gasteiger partial charge >= 0.3 is 0 Å². The molecule has 1 saturated heterocycles. The number of aromatic nitrogens is 1. The van der Waals surface area contributed by atoms with Crippen molar-refractivity contribution in [2.75, 3.05) is 18.4 Å². The van der Waals surface area contributed by atoms with Crippen molar-refractivity contribution in [3.63, 3.8) is 0 Å². The van der Waals surface area contributed by atoms with Crippen molar-refractivity contribution in [2.45, 2.75) is 64.0 Å². The minimum absolute atomic E-state index is 0.0149. The second kappa shape index (κ2) is 10.2. The third-order valence-electron chi connectivity index (χ3n) is 5.63. The summed E-state index contributed by atoms with van der Waals surface area (Å²) in [6.45, 7) is 3.39. The highest BCUT2D eigenvalue weighted by atomic mass is 16.2. The molecule has 1 aliphatic carbocycles. The number of pyridine rings is 1. The van der Waals surface area contributed by atoms with E-state index >= 15 is 0 Å². The van der Waals surface area contributed by atoms with Gasteiger partial charge in [-0.3, -0.25) is 14.4 Å². The van der Waals surface area contributed by atoms with Crippen LogP contribution in [0.3, 0.4) is 0 Å². The minimum atomic E-state index is -0.396. The Morgan fingerprint density at radius 3 is 2.55 bits per heavy atom. The highest BCUT2D eigenvalue weighted by Crippen LogP contribution is 2.24. The Morgan fingerprint density at radius 2 is 1.90 bits per heavy atom. The highest BCUT2D eigenvalue weighted by molar-refractivity contribution is 5.90. The monoisotopic (exact) mass is 401 g/mol. The normalized spacial score (nSPS) is 23.9. The second-order valence-corrected chi connectivity index (χ2v) is 8.01. The van der Waals surface area contributed by atoms with Crippen LogP contribution in [0.4, 0.5) is 5.82 Å². The molecule has 1 saturated carbocycles. The van der Waals surface area contributed by atoms with Crippen molar-refractivity contribution < 1.29 is 14.4 Å². The zero-order chi connectivity index (χ0) is 20.6. The summed E-state index contributed by atoms with van der Waals surface area (Å²) in [5.74, 6) is 0.807. The van der Waals surface area contributed by atoms with E-state index in [0.717, 1.165) is 50.0 Å². The molecule has 0 aromatic carbocycles. The van der Waals surface area contributed by atoms with Crippen molar-refractivity contribution in [1.29, 1.82) is 0 Å². The van der Waals surface area contributed by atoms with Gasteiger partial charge in [0.05, 0.1) is 0 Å². The molecule has 1 atom stereocenters. The summed E-state index contributed by atoms with van der Waals surface area (Å²) in [5, 5.41) is 12.0. The Hall–Kier alpha value is -2.64. The number of nitrogens with one attached hydrogen (secondary N) is 4. The molecule has 3 rings (SSSR count). The van der Waals surface area contributed by atoms with Crippen LogP contribution in [0, 0.1) is 12.8 Å². The van der Waals surface area contributed by atoms with Crippen LogP contribution in [-0.4, -0.2) is 47.9 Å². The third kappa shape index (κ3) is 6.44. The number of nitrogens with zero attached hydrogens (tertiary/aromatic N) is 1. The highest BCUT2D eigenvalue weighted by Gasteiger charge is 2.31. The third-order valence-corrected chi connectivity index (χ3v) is 5.63. The molecule has 1 aliphatic heterocycles. The average molecular weight is 402 g/mol. The molecule has 2 aliphatic rings. The second-order valence-electron chi connectivity index (χ2n) is 8.01. The summed E-state index contributed by atoms with van der Waals surface area (Å²) in [6, 6.07) is 3.66. The standard InChI is InChI=1S/C21H31N5O3/c1-14-3-9-18(24-13-14)22-11-2-12-23-20(28)15-4-6-16(7-5-15)25-21(29)17-8-10-19(27)26-17/h3,9,13,15-17H,2,4-8,10-12H2,1H3,(H,22,24)(H,23,28)(H,25,29)(H,26,27). The Kier molecular flexibility index (Phi) is 7.43. The topological polar surface area (TPSA) is 112 Å². The molecule has 0 spiro atoms. The van der Waals surface area contributed by atoms with E-state index in [1.165, 1.54) is 0 Å². The molecule has 8 nitrogen and oxygen atoms in total. The van der Waals surface area contributed by atoms with Crippen LogP contribution in [-0.2, 0) is 14.4 Å². The fourth-order valence-corrected chi connectivity index (χ4v) is 3.85. The maximum Gasteiger partial charge on any atom is 0.242 e. The SMILES string of the molecule is Cc1ccc(NCCCNC(=O)C2CCC(NC(=O)C3CCC(=O)N3)CC2)nc1. The molecule has 1 aromatic rings. The maximum absolute atomic E-state index is 12.4. The van der Waals surface area contributed by atoms with E-state index in [2.05, 4.69) is 26.3 Å². The van der Waals surface area contributed by atoms with E-state index in [-0.39, 0.29) is 29.7 Å². The van der Waals surface area contributed by atoms with Crippen LogP contribution in [0.2, 0.25) is 0 Å². The zero-order valence-electron chi connectivity index (χ0n) is 17.0. The van der Waals surface area contributed by atoms with Crippen LogP contribution >= 0.6 is 0 Å². The van der Waals surface area contributed by atoms with Gasteiger partial charge in [-0.2, -0.15) is 0 Å². The van der Waals surface area contributed by atoms with Crippen LogP contribution in [0.25, 0.3) is 0 Å². The summed E-state index contributed by atoms with van der Waals surface area (Å²) < 4.78 is 0. The fraction of sp³-hybridized carbons (Fsp3) is 0.619. The molecule has 0 radical (unpaired) electrons. The number of aryl methyl sites for hydroxylation is 1. The van der Waals surface area contributed by atoms with Gasteiger partial charge in [0, 0.05) is 37.7 Å². The molecule has 2 heterocycles. The molecular weight excluding hydrogens is 370 g/mol. The van der Waals surface area contributed by atoms with E-state index < -0.39 is 6.04 Å². The Bertz CT molecular complexity index is 714. The van der Waals surface area contributed by atoms with E-state index in [9.17, 15) is 14.4 Å². The van der Waals surface area contributed by atoms with Gasteiger partial charge in [0.2, 0.25) is 17.7 Å². The molecule has 8 heteroatoms. The van der Waals surface area contributed by atoms with Gasteiger partial charge in [-0.25, -0.2) is 4.98 Å². The first-order valence-electron chi connectivity index (χ1n) is 10.6. The van der Waals surface area contributed by atoms with Crippen molar-refractivity contribution in [1.82, 2.24) is 20.9 Å². The molecule has 1 unspecified atom stereocenters.